The molecule has 0 saturated heterocycles. The van der Waals surface area contributed by atoms with E-state index in [-0.39, 0.29) is 0 Å². The minimum Gasteiger partial charge on any atom is -0.352 e. The molecule has 4 rings (SSSR count). The Bertz CT molecular complexity index is 730. The van der Waals surface area contributed by atoms with Crippen molar-refractivity contribution in [2.75, 3.05) is 6.54 Å². The fourth-order valence-corrected chi connectivity index (χ4v) is 3.80. The summed E-state index contributed by atoms with van der Waals surface area (Å²) in [5, 5.41) is 0. The first kappa shape index (κ1) is 13.6. The van der Waals surface area contributed by atoms with Gasteiger partial charge < -0.3 is 4.90 Å². The minimum atomic E-state index is 0.426. The molecule has 1 unspecified atom stereocenters. The van der Waals surface area contributed by atoms with Crippen LogP contribution in [-0.2, 0) is 12.8 Å². The molecule has 0 radical (unpaired) electrons. The number of hydrogen-bond acceptors (Lipinski definition) is 2. The van der Waals surface area contributed by atoms with Crippen molar-refractivity contribution in [2.24, 2.45) is 10.9 Å². The number of rotatable bonds is 1. The Balaban J connectivity index is 1.88. The van der Waals surface area contributed by atoms with Crippen LogP contribution in [0.25, 0.3) is 0 Å². The minimum absolute atomic E-state index is 0.426. The van der Waals surface area contributed by atoms with E-state index < -0.39 is 0 Å². The van der Waals surface area contributed by atoms with Gasteiger partial charge in [-0.3, -0.25) is 0 Å². The average molecular weight is 290 g/mol. The van der Waals surface area contributed by atoms with Gasteiger partial charge >= 0.3 is 0 Å². The first-order valence-electron chi connectivity index (χ1n) is 8.25. The van der Waals surface area contributed by atoms with Crippen LogP contribution in [0.3, 0.4) is 0 Å². The van der Waals surface area contributed by atoms with E-state index in [1.54, 1.807) is 0 Å². The Hall–Kier alpha value is -2.09. The lowest BCUT2D eigenvalue weighted by Crippen LogP contribution is -2.42. The van der Waals surface area contributed by atoms with Crippen LogP contribution in [0.1, 0.15) is 36.6 Å². The number of fused-ring (bicyclic) bond motifs is 4. The molecular formula is C20H22N2. The Labute approximate surface area is 132 Å². The van der Waals surface area contributed by atoms with Gasteiger partial charge in [-0.1, -0.05) is 56.3 Å². The fourth-order valence-electron chi connectivity index (χ4n) is 3.80. The molecule has 2 aromatic rings. The molecular weight excluding hydrogens is 268 g/mol. The van der Waals surface area contributed by atoms with E-state index >= 15 is 0 Å². The fraction of sp³-hybridized carbons (Fsp3) is 0.350. The molecule has 2 aromatic carbocycles. The van der Waals surface area contributed by atoms with Crippen molar-refractivity contribution in [1.29, 1.82) is 0 Å². The van der Waals surface area contributed by atoms with Gasteiger partial charge in [0.05, 0.1) is 11.7 Å². The van der Waals surface area contributed by atoms with Crippen LogP contribution in [0, 0.1) is 5.92 Å². The molecule has 0 spiro atoms. The van der Waals surface area contributed by atoms with Gasteiger partial charge in [0.2, 0.25) is 0 Å². The lowest BCUT2D eigenvalue weighted by molar-refractivity contribution is 0.288. The summed E-state index contributed by atoms with van der Waals surface area (Å²) in [5.74, 6) is 1.68. The average Bonchev–Trinajstić information content (AvgIpc) is 2.71. The molecule has 1 atom stereocenters. The predicted molar refractivity (Wildman–Crippen MR) is 91.7 cm³/mol. The van der Waals surface area contributed by atoms with Crippen LogP contribution in [0.15, 0.2) is 53.5 Å². The quantitative estimate of drug-likeness (QED) is 0.753. The number of amidine groups is 1. The normalized spacial score (nSPS) is 19.9. The zero-order valence-electron chi connectivity index (χ0n) is 13.3. The highest BCUT2D eigenvalue weighted by atomic mass is 15.2. The van der Waals surface area contributed by atoms with Crippen LogP contribution in [0.2, 0.25) is 0 Å². The summed E-state index contributed by atoms with van der Waals surface area (Å²) in [4.78, 5) is 7.59. The molecule has 0 amide bonds. The lowest BCUT2D eigenvalue weighted by atomic mass is 9.88. The second-order valence-corrected chi connectivity index (χ2v) is 6.62. The topological polar surface area (TPSA) is 15.6 Å². The predicted octanol–water partition coefficient (Wildman–Crippen LogP) is 4.53. The first-order chi connectivity index (χ1) is 10.7. The van der Waals surface area contributed by atoms with Crippen LogP contribution < -0.4 is 0 Å². The largest absolute Gasteiger partial charge is 0.352 e. The molecule has 2 nitrogen and oxygen atoms in total. The molecule has 0 saturated carbocycles. The molecule has 0 aliphatic carbocycles. The monoisotopic (exact) mass is 290 g/mol. The van der Waals surface area contributed by atoms with Gasteiger partial charge in [-0.15, -0.1) is 0 Å². The van der Waals surface area contributed by atoms with Crippen molar-refractivity contribution in [3.05, 3.63) is 65.2 Å². The zero-order chi connectivity index (χ0) is 15.1. The van der Waals surface area contributed by atoms with Crippen LogP contribution in [0.5, 0.6) is 0 Å². The van der Waals surface area contributed by atoms with E-state index in [0.717, 1.165) is 25.1 Å². The van der Waals surface area contributed by atoms with E-state index in [4.69, 9.17) is 4.99 Å². The number of benzene rings is 2. The molecule has 0 N–H and O–H groups in total. The molecule has 2 aliphatic rings. The number of hydrogen-bond donors (Lipinski definition) is 0. The summed E-state index contributed by atoms with van der Waals surface area (Å²) < 4.78 is 0. The summed E-state index contributed by atoms with van der Waals surface area (Å²) in [6.07, 6.45) is 2.17. The number of nitrogens with zero attached hydrogens (tertiary/aromatic N) is 2. The zero-order valence-corrected chi connectivity index (χ0v) is 13.3. The van der Waals surface area contributed by atoms with E-state index in [0.29, 0.717) is 12.0 Å². The van der Waals surface area contributed by atoms with Crippen LogP contribution in [-0.4, -0.2) is 17.3 Å². The van der Waals surface area contributed by atoms with E-state index in [1.165, 1.54) is 22.5 Å². The lowest BCUT2D eigenvalue weighted by Gasteiger charge is -2.39. The summed E-state index contributed by atoms with van der Waals surface area (Å²) in [5.41, 5.74) is 5.51. The summed E-state index contributed by atoms with van der Waals surface area (Å²) >= 11 is 0. The van der Waals surface area contributed by atoms with Gasteiger partial charge in [0, 0.05) is 12.5 Å². The second-order valence-electron chi connectivity index (χ2n) is 6.62. The van der Waals surface area contributed by atoms with E-state index in [2.05, 4.69) is 67.3 Å². The maximum absolute atomic E-state index is 5.04. The summed E-state index contributed by atoms with van der Waals surface area (Å²) in [7, 11) is 0. The highest BCUT2D eigenvalue weighted by molar-refractivity contribution is 5.88. The maximum atomic E-state index is 5.04. The highest BCUT2D eigenvalue weighted by Crippen LogP contribution is 2.38. The molecule has 0 aromatic heterocycles. The first-order valence-corrected chi connectivity index (χ1v) is 8.25. The van der Waals surface area contributed by atoms with Crippen molar-refractivity contribution in [1.82, 2.24) is 4.90 Å². The van der Waals surface area contributed by atoms with Gasteiger partial charge in [-0.25, -0.2) is 4.99 Å². The SMILES string of the molecule is CC(C)C1=Nc2ccccc2CC2c3ccccc3CCN12. The molecule has 0 fully saturated rings. The van der Waals surface area contributed by atoms with Gasteiger partial charge in [-0.05, 0) is 35.6 Å². The van der Waals surface area contributed by atoms with Crippen molar-refractivity contribution >= 4 is 11.5 Å². The van der Waals surface area contributed by atoms with Crippen molar-refractivity contribution < 1.29 is 0 Å². The highest BCUT2D eigenvalue weighted by Gasteiger charge is 2.32. The molecule has 22 heavy (non-hydrogen) atoms. The smallest absolute Gasteiger partial charge is 0.108 e. The van der Waals surface area contributed by atoms with Gasteiger partial charge in [0.25, 0.3) is 0 Å². The van der Waals surface area contributed by atoms with Gasteiger partial charge in [-0.2, -0.15) is 0 Å². The molecule has 112 valence electrons. The van der Waals surface area contributed by atoms with Gasteiger partial charge in [0.15, 0.2) is 0 Å². The number of para-hydroxylation sites is 1. The second kappa shape index (κ2) is 5.28. The standard InChI is InChI=1S/C20H22N2/c1-14(2)20-21-18-10-6-4-8-16(18)13-19-17-9-5-3-7-15(17)11-12-22(19)20/h3-10,14,19H,11-13H2,1-2H3. The molecule has 2 heterocycles. The Morgan fingerprint density at radius 3 is 2.55 bits per heavy atom. The van der Waals surface area contributed by atoms with Crippen molar-refractivity contribution in [3.63, 3.8) is 0 Å². The Morgan fingerprint density at radius 2 is 1.73 bits per heavy atom. The third-order valence-electron chi connectivity index (χ3n) is 4.86. The number of aliphatic imine (C=N–C) groups is 1. The molecule has 2 aliphatic heterocycles. The summed E-state index contributed by atoms with van der Waals surface area (Å²) in [6, 6.07) is 18.0. The van der Waals surface area contributed by atoms with Crippen LogP contribution >= 0.6 is 0 Å². The third-order valence-corrected chi connectivity index (χ3v) is 4.86. The summed E-state index contributed by atoms with van der Waals surface area (Å²) in [6.45, 7) is 5.58. The third kappa shape index (κ3) is 2.14. The van der Waals surface area contributed by atoms with Gasteiger partial charge in [0.1, 0.15) is 5.84 Å². The van der Waals surface area contributed by atoms with E-state index in [1.807, 2.05) is 0 Å². The van der Waals surface area contributed by atoms with Crippen molar-refractivity contribution in [3.8, 4) is 0 Å². The van der Waals surface area contributed by atoms with Crippen molar-refractivity contribution in [2.45, 2.75) is 32.7 Å². The maximum Gasteiger partial charge on any atom is 0.108 e. The molecule has 2 heteroatoms. The van der Waals surface area contributed by atoms with E-state index in [9.17, 15) is 0 Å². The van der Waals surface area contributed by atoms with Crippen LogP contribution in [0.4, 0.5) is 5.69 Å². The molecule has 0 bridgehead atoms. The Kier molecular flexibility index (Phi) is 3.25. The Morgan fingerprint density at radius 1 is 1.00 bits per heavy atom.